The summed E-state index contributed by atoms with van der Waals surface area (Å²) in [5.74, 6) is 1.51. The summed E-state index contributed by atoms with van der Waals surface area (Å²) in [6.45, 7) is 9.38. The van der Waals surface area contributed by atoms with E-state index in [2.05, 4.69) is 50.2 Å². The number of carboxylic acid groups (broad SMARTS) is 1. The molecule has 3 heterocycles. The third-order valence-corrected chi connectivity index (χ3v) is 5.54. The van der Waals surface area contributed by atoms with Gasteiger partial charge in [0, 0.05) is 30.4 Å². The van der Waals surface area contributed by atoms with Gasteiger partial charge in [-0.15, -0.1) is 0 Å². The third-order valence-electron chi connectivity index (χ3n) is 5.54. The van der Waals surface area contributed by atoms with E-state index in [1.54, 1.807) is 0 Å². The average Bonchev–Trinajstić information content (AvgIpc) is 3.14. The first kappa shape index (κ1) is 21.6. The van der Waals surface area contributed by atoms with E-state index in [1.165, 1.54) is 10.5 Å². The summed E-state index contributed by atoms with van der Waals surface area (Å²) in [7, 11) is 0. The molecule has 3 aromatic rings. The Morgan fingerprint density at radius 3 is 2.47 bits per heavy atom. The number of nitrogens with one attached hydrogen (secondary N) is 1. The highest BCUT2D eigenvalue weighted by Crippen LogP contribution is 2.28. The van der Waals surface area contributed by atoms with Crippen LogP contribution in [-0.2, 0) is 5.54 Å². The van der Waals surface area contributed by atoms with Crippen LogP contribution in [0, 0.1) is 6.92 Å². The van der Waals surface area contributed by atoms with Gasteiger partial charge in [-0.05, 0) is 63.5 Å². The zero-order chi connectivity index (χ0) is 22.9. The number of anilines is 2. The Morgan fingerprint density at radius 1 is 1.06 bits per heavy atom. The van der Waals surface area contributed by atoms with Crippen molar-refractivity contribution in [3.63, 3.8) is 0 Å². The largest absolute Gasteiger partial charge is 0.465 e. The zero-order valence-electron chi connectivity index (χ0n) is 19.0. The van der Waals surface area contributed by atoms with Crippen LogP contribution in [0.4, 0.5) is 16.4 Å². The molecule has 0 atom stereocenters. The second-order valence-corrected chi connectivity index (χ2v) is 9.08. The maximum absolute atomic E-state index is 11.1. The lowest BCUT2D eigenvalue weighted by atomic mass is 9.97. The Hall–Kier alpha value is -3.61. The van der Waals surface area contributed by atoms with Gasteiger partial charge in [-0.3, -0.25) is 4.68 Å². The van der Waals surface area contributed by atoms with E-state index < -0.39 is 6.09 Å². The monoisotopic (exact) mass is 431 g/mol. The van der Waals surface area contributed by atoms with Crippen molar-refractivity contribution in [2.24, 2.45) is 0 Å². The van der Waals surface area contributed by atoms with Crippen molar-refractivity contribution in [3.8, 4) is 11.3 Å². The number of pyridine rings is 1. The number of aromatic nitrogens is 3. The van der Waals surface area contributed by atoms with Gasteiger partial charge >= 0.3 is 6.09 Å². The van der Waals surface area contributed by atoms with E-state index in [0.29, 0.717) is 19.5 Å². The van der Waals surface area contributed by atoms with Gasteiger partial charge in [-0.25, -0.2) is 9.78 Å². The normalized spacial score (nSPS) is 14.2. The molecule has 0 saturated carbocycles. The van der Waals surface area contributed by atoms with Gasteiger partial charge in [0.1, 0.15) is 5.82 Å². The van der Waals surface area contributed by atoms with E-state index in [-0.39, 0.29) is 5.54 Å². The van der Waals surface area contributed by atoms with Crippen molar-refractivity contribution in [1.29, 1.82) is 0 Å². The first-order chi connectivity index (χ1) is 15.2. The van der Waals surface area contributed by atoms with E-state index >= 15 is 0 Å². The van der Waals surface area contributed by atoms with Gasteiger partial charge in [-0.2, -0.15) is 5.10 Å². The molecule has 1 aromatic carbocycles. The van der Waals surface area contributed by atoms with Crippen molar-refractivity contribution in [3.05, 3.63) is 65.9 Å². The predicted molar refractivity (Wildman–Crippen MR) is 127 cm³/mol. The number of benzene rings is 1. The van der Waals surface area contributed by atoms with Crippen LogP contribution in [0.25, 0.3) is 16.8 Å². The number of hydrogen-bond donors (Lipinski definition) is 2. The Balaban J connectivity index is 1.55. The summed E-state index contributed by atoms with van der Waals surface area (Å²) < 4.78 is 2.01. The van der Waals surface area contributed by atoms with E-state index in [9.17, 15) is 4.79 Å². The molecule has 0 radical (unpaired) electrons. The fourth-order valence-corrected chi connectivity index (χ4v) is 3.99. The van der Waals surface area contributed by atoms with Gasteiger partial charge < -0.3 is 15.3 Å². The molecule has 4 rings (SSSR count). The highest BCUT2D eigenvalue weighted by Gasteiger charge is 2.18. The van der Waals surface area contributed by atoms with Crippen LogP contribution < -0.4 is 5.32 Å². The molecule has 7 heteroatoms. The van der Waals surface area contributed by atoms with Gasteiger partial charge in [0.2, 0.25) is 0 Å². The van der Waals surface area contributed by atoms with Crippen molar-refractivity contribution < 1.29 is 9.90 Å². The quantitative estimate of drug-likeness (QED) is 0.568. The standard InChI is InChI=1S/C25H29N5O2/c1-17-15-23(28-30(17)25(2,3)4)27-22-10-6-9-21(26-22)20-8-5-7-19(16-20)18-11-13-29(14-12-18)24(31)32/h5-11,15-16H,12-14H2,1-4H3,(H,31,32)(H,26,27,28). The Bertz CT molecular complexity index is 1170. The van der Waals surface area contributed by atoms with Crippen LogP contribution in [0.1, 0.15) is 38.4 Å². The second-order valence-electron chi connectivity index (χ2n) is 9.08. The van der Waals surface area contributed by atoms with Crippen LogP contribution in [0.15, 0.2) is 54.6 Å². The average molecular weight is 432 g/mol. The molecule has 166 valence electrons. The lowest BCUT2D eigenvalue weighted by Gasteiger charge is -2.24. The molecule has 1 aliphatic rings. The van der Waals surface area contributed by atoms with E-state index in [4.69, 9.17) is 10.1 Å². The summed E-state index contributed by atoms with van der Waals surface area (Å²) in [5.41, 5.74) is 5.16. The minimum Gasteiger partial charge on any atom is -0.465 e. The van der Waals surface area contributed by atoms with Crippen LogP contribution in [0.2, 0.25) is 0 Å². The highest BCUT2D eigenvalue weighted by atomic mass is 16.4. The van der Waals surface area contributed by atoms with Gasteiger partial charge in [0.25, 0.3) is 0 Å². The molecular weight excluding hydrogens is 402 g/mol. The van der Waals surface area contributed by atoms with Crippen molar-refractivity contribution in [1.82, 2.24) is 19.7 Å². The first-order valence-electron chi connectivity index (χ1n) is 10.8. The first-order valence-corrected chi connectivity index (χ1v) is 10.8. The lowest BCUT2D eigenvalue weighted by Crippen LogP contribution is -2.33. The fourth-order valence-electron chi connectivity index (χ4n) is 3.99. The molecule has 2 N–H and O–H groups in total. The fraction of sp³-hybridized carbons (Fsp3) is 0.320. The zero-order valence-corrected chi connectivity index (χ0v) is 19.0. The van der Waals surface area contributed by atoms with Gasteiger partial charge in [0.15, 0.2) is 5.82 Å². The number of amides is 1. The molecule has 0 unspecified atom stereocenters. The summed E-state index contributed by atoms with van der Waals surface area (Å²) >= 11 is 0. The Kier molecular flexibility index (Phi) is 5.74. The number of carbonyl (C=O) groups is 1. The highest BCUT2D eigenvalue weighted by molar-refractivity contribution is 5.74. The second kappa shape index (κ2) is 8.49. The summed E-state index contributed by atoms with van der Waals surface area (Å²) in [4.78, 5) is 17.4. The van der Waals surface area contributed by atoms with Gasteiger partial charge in [0.05, 0.1) is 11.2 Å². The van der Waals surface area contributed by atoms with E-state index in [1.807, 2.05) is 47.2 Å². The molecule has 2 aromatic heterocycles. The van der Waals surface area contributed by atoms with Crippen molar-refractivity contribution in [2.75, 3.05) is 18.4 Å². The Morgan fingerprint density at radius 2 is 1.81 bits per heavy atom. The number of rotatable bonds is 4. The van der Waals surface area contributed by atoms with Crippen molar-refractivity contribution in [2.45, 2.75) is 39.7 Å². The third kappa shape index (κ3) is 4.66. The molecule has 1 amide bonds. The molecule has 1 aliphatic heterocycles. The predicted octanol–water partition coefficient (Wildman–Crippen LogP) is 5.52. The molecule has 0 bridgehead atoms. The number of nitrogens with zero attached hydrogens (tertiary/aromatic N) is 4. The maximum atomic E-state index is 11.1. The van der Waals surface area contributed by atoms with Crippen molar-refractivity contribution >= 4 is 23.3 Å². The van der Waals surface area contributed by atoms with Gasteiger partial charge in [-0.1, -0.05) is 30.3 Å². The summed E-state index contributed by atoms with van der Waals surface area (Å²) in [6.07, 6.45) is 1.83. The molecular formula is C25H29N5O2. The minimum atomic E-state index is -0.870. The van der Waals surface area contributed by atoms with Crippen LogP contribution in [0.3, 0.4) is 0 Å². The van der Waals surface area contributed by atoms with Crippen LogP contribution in [0.5, 0.6) is 0 Å². The summed E-state index contributed by atoms with van der Waals surface area (Å²) in [6, 6.07) is 16.2. The smallest absolute Gasteiger partial charge is 0.407 e. The van der Waals surface area contributed by atoms with Crippen LogP contribution in [-0.4, -0.2) is 44.0 Å². The molecule has 0 aliphatic carbocycles. The van der Waals surface area contributed by atoms with Crippen LogP contribution >= 0.6 is 0 Å². The SMILES string of the molecule is Cc1cc(Nc2cccc(-c3cccc(C4=CCN(C(=O)O)CC4)c3)n2)nn1C(C)(C)C. The minimum absolute atomic E-state index is 0.0883. The molecule has 0 fully saturated rings. The summed E-state index contributed by atoms with van der Waals surface area (Å²) in [5, 5.41) is 17.2. The number of hydrogen-bond acceptors (Lipinski definition) is 4. The van der Waals surface area contributed by atoms with E-state index in [0.717, 1.165) is 34.2 Å². The maximum Gasteiger partial charge on any atom is 0.407 e. The lowest BCUT2D eigenvalue weighted by molar-refractivity contribution is 0.150. The molecule has 0 saturated heterocycles. The topological polar surface area (TPSA) is 83.3 Å². The Labute approximate surface area is 188 Å². The molecule has 7 nitrogen and oxygen atoms in total. The number of aryl methyl sites for hydroxylation is 1. The molecule has 32 heavy (non-hydrogen) atoms. The molecule has 0 spiro atoms.